The van der Waals surface area contributed by atoms with E-state index in [1.165, 1.54) is 0 Å². The molecule has 36 valence electrons. The number of hydrogen-bond donors (Lipinski definition) is 2. The van der Waals surface area contributed by atoms with Gasteiger partial charge in [0.1, 0.15) is 0 Å². The molecule has 6 heteroatoms. The van der Waals surface area contributed by atoms with E-state index in [1.807, 2.05) is 0 Å². The van der Waals surface area contributed by atoms with Crippen LogP contribution >= 0.6 is 0 Å². The molecule has 0 fully saturated rings. The van der Waals surface area contributed by atoms with Crippen LogP contribution in [0.2, 0.25) is 0 Å². The van der Waals surface area contributed by atoms with Gasteiger partial charge >= 0.3 is 65.3 Å². The normalized spacial score (nSPS) is 3.43. The summed E-state index contributed by atoms with van der Waals surface area (Å²) in [6.07, 6.45) is -1.83. The van der Waals surface area contributed by atoms with Gasteiger partial charge in [0.2, 0.25) is 0 Å². The van der Waals surface area contributed by atoms with Gasteiger partial charge in [0.25, 0.3) is 0 Å². The van der Waals surface area contributed by atoms with Crippen molar-refractivity contribution < 1.29 is 81.7 Å². The molecule has 0 aliphatic heterocycles. The van der Waals surface area contributed by atoms with Crippen molar-refractivity contribution in [1.82, 2.24) is 0 Å². The van der Waals surface area contributed by atoms with Gasteiger partial charge in [0.05, 0.1) is 0 Å². The second-order valence-corrected chi connectivity index (χ2v) is 0.283. The first-order valence-electron chi connectivity index (χ1n) is 0.651. The summed E-state index contributed by atoms with van der Waals surface area (Å²) in [7, 11) is 0. The molecule has 7 heavy (non-hydrogen) atoms. The van der Waals surface area contributed by atoms with Crippen LogP contribution < -0.4 is 59.1 Å². The average molecular weight is 130 g/mol. The molecule has 0 unspecified atom stereocenters. The van der Waals surface area contributed by atoms with Crippen LogP contribution in [-0.4, -0.2) is 16.4 Å². The second kappa shape index (κ2) is 15.7. The van der Waals surface area contributed by atoms with Crippen molar-refractivity contribution in [2.24, 2.45) is 0 Å². The Hall–Kier alpha value is 1.20. The van der Waals surface area contributed by atoms with E-state index in [-0.39, 0.29) is 66.7 Å². The van der Waals surface area contributed by atoms with Crippen molar-refractivity contribution in [1.29, 1.82) is 0 Å². The number of hydrogen-bond acceptors (Lipinski definition) is 1. The molecule has 0 atom stereocenters. The van der Waals surface area contributed by atoms with Crippen LogP contribution in [0, 0.1) is 0 Å². The van der Waals surface area contributed by atoms with Crippen LogP contribution in [0.4, 0.5) is 9.50 Å². The maximum absolute atomic E-state index is 8.56. The molecule has 0 aromatic rings. The predicted octanol–water partition coefficient (Wildman–Crippen LogP) is -5.39. The van der Waals surface area contributed by atoms with Crippen LogP contribution in [0.1, 0.15) is 2.85 Å². The van der Waals surface area contributed by atoms with Crippen molar-refractivity contribution in [3.63, 3.8) is 0 Å². The third-order valence-corrected chi connectivity index (χ3v) is 0. The Morgan fingerprint density at radius 1 is 1.29 bits per heavy atom. The Morgan fingerprint density at radius 3 is 1.29 bits per heavy atom. The molecule has 0 rings (SSSR count). The van der Waals surface area contributed by atoms with Crippen LogP contribution in [0.25, 0.3) is 0 Å². The molecule has 0 amide bonds. The molecule has 0 aliphatic rings. The van der Waals surface area contributed by atoms with Gasteiger partial charge in [-0.1, -0.05) is 0 Å². The molecular formula is CH5FNa2O3. The molecule has 0 saturated carbocycles. The van der Waals surface area contributed by atoms with Gasteiger partial charge in [-0.05, 0) is 0 Å². The molecule has 0 spiro atoms. The van der Waals surface area contributed by atoms with Gasteiger partial charge in [-0.25, -0.2) is 4.79 Å². The maximum atomic E-state index is 8.56. The van der Waals surface area contributed by atoms with Crippen LogP contribution in [0.5, 0.6) is 0 Å². The van der Waals surface area contributed by atoms with Crippen molar-refractivity contribution >= 4 is 6.16 Å². The summed E-state index contributed by atoms with van der Waals surface area (Å²) in [5.41, 5.74) is 0. The minimum absolute atomic E-state index is 0. The van der Waals surface area contributed by atoms with Crippen LogP contribution in [0.15, 0.2) is 0 Å². The van der Waals surface area contributed by atoms with Gasteiger partial charge in [-0.2, -0.15) is 0 Å². The van der Waals surface area contributed by atoms with Crippen molar-refractivity contribution in [3.8, 4) is 0 Å². The summed E-state index contributed by atoms with van der Waals surface area (Å²) >= 11 is 0. The summed E-state index contributed by atoms with van der Waals surface area (Å²) in [6.45, 7) is 0. The third kappa shape index (κ3) is 135. The summed E-state index contributed by atoms with van der Waals surface area (Å²) < 4.78 is 0. The fourth-order valence-corrected chi connectivity index (χ4v) is 0. The molecule has 0 bridgehead atoms. The van der Waals surface area contributed by atoms with E-state index in [0.717, 1.165) is 0 Å². The predicted molar refractivity (Wildman–Crippen MR) is 15.4 cm³/mol. The van der Waals surface area contributed by atoms with E-state index >= 15 is 0 Å². The summed E-state index contributed by atoms with van der Waals surface area (Å²) in [5, 5.41) is 13.9. The van der Waals surface area contributed by atoms with E-state index in [2.05, 4.69) is 0 Å². The molecule has 0 heterocycles. The number of halogens is 1. The van der Waals surface area contributed by atoms with Crippen molar-refractivity contribution in [3.05, 3.63) is 0 Å². The number of carbonyl (C=O) groups is 1. The third-order valence-electron chi connectivity index (χ3n) is 0. The van der Waals surface area contributed by atoms with E-state index < -0.39 is 6.16 Å². The largest absolute Gasteiger partial charge is 1.00 e. The number of rotatable bonds is 0. The Balaban J connectivity index is -0.00000000450. The molecule has 0 saturated heterocycles. The van der Waals surface area contributed by atoms with E-state index in [0.29, 0.717) is 0 Å². The van der Waals surface area contributed by atoms with E-state index in [1.54, 1.807) is 0 Å². The molecular weight excluding hydrogens is 125 g/mol. The van der Waals surface area contributed by atoms with E-state index in [4.69, 9.17) is 15.0 Å². The van der Waals surface area contributed by atoms with Gasteiger partial charge < -0.3 is 13.1 Å². The van der Waals surface area contributed by atoms with Gasteiger partial charge in [-0.15, -0.1) is 0 Å². The standard InChI is InChI=1S/CH2O3.FH.2Na.2H/c2-1(3)4;;;;;/h(H2,2,3,4);1H;;;;/q;;2*+1;2*-1. The minimum Gasteiger partial charge on any atom is -1.00 e. The topological polar surface area (TPSA) is 57.5 Å². The zero-order valence-corrected chi connectivity index (χ0v) is 8.21. The summed E-state index contributed by atoms with van der Waals surface area (Å²) in [4.78, 5) is 8.56. The van der Waals surface area contributed by atoms with Gasteiger partial charge in [0.15, 0.2) is 0 Å². The SMILES string of the molecule is F.O=C(O)O.[H-].[H-].[Na+].[Na+]. The van der Waals surface area contributed by atoms with Gasteiger partial charge in [-0.3, -0.25) is 4.70 Å². The quantitative estimate of drug-likeness (QED) is 0.322. The summed E-state index contributed by atoms with van der Waals surface area (Å²) in [5.74, 6) is 0. The Morgan fingerprint density at radius 2 is 1.29 bits per heavy atom. The molecule has 0 radical (unpaired) electrons. The zero-order valence-electron chi connectivity index (χ0n) is 6.21. The first kappa shape index (κ1) is 24.1. The first-order chi connectivity index (χ1) is 1.73. The van der Waals surface area contributed by atoms with E-state index in [9.17, 15) is 0 Å². The minimum atomic E-state index is -1.83. The second-order valence-electron chi connectivity index (χ2n) is 0.283. The first-order valence-corrected chi connectivity index (χ1v) is 0.651. The smallest absolute Gasteiger partial charge is 1.00 e. The summed E-state index contributed by atoms with van der Waals surface area (Å²) in [6, 6.07) is 0. The Labute approximate surface area is 87.0 Å². The molecule has 0 aromatic carbocycles. The van der Waals surface area contributed by atoms with Crippen molar-refractivity contribution in [2.45, 2.75) is 0 Å². The fraction of sp³-hybridized carbons (Fsp3) is 0. The number of carboxylic acid groups (broad SMARTS) is 2. The zero-order chi connectivity index (χ0) is 3.58. The van der Waals surface area contributed by atoms with Crippen molar-refractivity contribution in [2.75, 3.05) is 0 Å². The molecule has 0 aliphatic carbocycles. The maximum Gasteiger partial charge on any atom is 1.00 e. The Bertz CT molecular complexity index is 42.8. The fourth-order valence-electron chi connectivity index (χ4n) is 0. The molecule has 3 nitrogen and oxygen atoms in total. The Kier molecular flexibility index (Phi) is 54.0. The molecule has 2 N–H and O–H groups in total. The molecule has 0 aromatic heterocycles. The van der Waals surface area contributed by atoms with Crippen LogP contribution in [-0.2, 0) is 0 Å². The monoisotopic (exact) mass is 130 g/mol. The van der Waals surface area contributed by atoms with Crippen LogP contribution in [0.3, 0.4) is 0 Å². The average Bonchev–Trinajstić information content (AvgIpc) is 0.811. The van der Waals surface area contributed by atoms with Gasteiger partial charge in [0, 0.05) is 0 Å².